The zero-order valence-corrected chi connectivity index (χ0v) is 20.9. The van der Waals surface area contributed by atoms with Gasteiger partial charge < -0.3 is 14.7 Å². The highest BCUT2D eigenvalue weighted by molar-refractivity contribution is 8.04. The van der Waals surface area contributed by atoms with E-state index in [4.69, 9.17) is 0 Å². The minimum absolute atomic E-state index is 0.0273. The van der Waals surface area contributed by atoms with Gasteiger partial charge in [-0.05, 0) is 49.4 Å². The van der Waals surface area contributed by atoms with Crippen LogP contribution in [0.25, 0.3) is 6.08 Å². The van der Waals surface area contributed by atoms with Crippen molar-refractivity contribution in [3.63, 3.8) is 0 Å². The summed E-state index contributed by atoms with van der Waals surface area (Å²) in [5.41, 5.74) is 4.63. The molecule has 0 spiro atoms. The molecule has 6 heteroatoms. The molecule has 2 aliphatic rings. The van der Waals surface area contributed by atoms with Gasteiger partial charge in [-0.3, -0.25) is 9.59 Å². The van der Waals surface area contributed by atoms with Gasteiger partial charge in [0.1, 0.15) is 0 Å². The Bertz CT molecular complexity index is 1280. The Morgan fingerprint density at radius 1 is 0.943 bits per heavy atom. The van der Waals surface area contributed by atoms with Gasteiger partial charge in [-0.15, -0.1) is 0 Å². The quantitative estimate of drug-likeness (QED) is 0.487. The number of aryl methyl sites for hydroxylation is 1. The molecule has 5 nitrogen and oxygen atoms in total. The van der Waals surface area contributed by atoms with Crippen LogP contribution in [0.1, 0.15) is 27.0 Å². The molecule has 2 amide bonds. The van der Waals surface area contributed by atoms with E-state index < -0.39 is 0 Å². The first-order valence-corrected chi connectivity index (χ1v) is 12.7. The third-order valence-electron chi connectivity index (χ3n) is 6.48. The van der Waals surface area contributed by atoms with Gasteiger partial charge in [0.25, 0.3) is 11.8 Å². The van der Waals surface area contributed by atoms with Gasteiger partial charge in [0.15, 0.2) is 0 Å². The number of thioether (sulfide) groups is 1. The molecule has 1 fully saturated rings. The topological polar surface area (TPSA) is 43.9 Å². The molecule has 0 aromatic heterocycles. The van der Waals surface area contributed by atoms with Crippen molar-refractivity contribution in [3.05, 3.63) is 100.0 Å². The Morgan fingerprint density at radius 3 is 2.46 bits per heavy atom. The summed E-state index contributed by atoms with van der Waals surface area (Å²) in [6.45, 7) is 5.69. The fourth-order valence-corrected chi connectivity index (χ4v) is 5.53. The van der Waals surface area contributed by atoms with Gasteiger partial charge in [0, 0.05) is 36.6 Å². The number of benzene rings is 3. The van der Waals surface area contributed by atoms with E-state index in [9.17, 15) is 9.59 Å². The van der Waals surface area contributed by atoms with Gasteiger partial charge in [-0.25, -0.2) is 0 Å². The molecule has 178 valence electrons. The largest absolute Gasteiger partial charge is 0.336 e. The number of likely N-dealkylation sites (N-methyl/N-ethyl adjacent to an activating group) is 1. The molecule has 35 heavy (non-hydrogen) atoms. The molecule has 3 aromatic carbocycles. The van der Waals surface area contributed by atoms with Crippen molar-refractivity contribution in [3.8, 4) is 0 Å². The Kier molecular flexibility index (Phi) is 6.75. The maximum absolute atomic E-state index is 13.7. The number of carbonyl (C=O) groups excluding carboxylic acids is 2. The lowest BCUT2D eigenvalue weighted by molar-refractivity contribution is -0.114. The fraction of sp³-hybridized carbons (Fsp3) is 0.241. The molecule has 0 bridgehead atoms. The lowest BCUT2D eigenvalue weighted by atomic mass is 10.1. The van der Waals surface area contributed by atoms with Gasteiger partial charge in [-0.1, -0.05) is 71.9 Å². The van der Waals surface area contributed by atoms with E-state index in [0.29, 0.717) is 17.0 Å². The Hall–Kier alpha value is -3.35. The lowest BCUT2D eigenvalue weighted by Gasteiger charge is -2.34. The monoisotopic (exact) mass is 483 g/mol. The summed E-state index contributed by atoms with van der Waals surface area (Å²) >= 11 is 1.47. The van der Waals surface area contributed by atoms with E-state index in [-0.39, 0.29) is 11.8 Å². The van der Waals surface area contributed by atoms with Crippen LogP contribution in [0.4, 0.5) is 5.69 Å². The first-order valence-electron chi connectivity index (χ1n) is 11.9. The zero-order chi connectivity index (χ0) is 24.4. The van der Waals surface area contributed by atoms with Crippen LogP contribution in [0.3, 0.4) is 0 Å². The fourth-order valence-electron chi connectivity index (χ4n) is 4.49. The minimum atomic E-state index is -0.0444. The second-order valence-electron chi connectivity index (χ2n) is 9.18. The van der Waals surface area contributed by atoms with E-state index >= 15 is 0 Å². The minimum Gasteiger partial charge on any atom is -0.336 e. The molecular weight excluding hydrogens is 454 g/mol. The average molecular weight is 484 g/mol. The van der Waals surface area contributed by atoms with Crippen molar-refractivity contribution in [2.24, 2.45) is 0 Å². The van der Waals surface area contributed by atoms with Crippen LogP contribution in [-0.2, 0) is 11.3 Å². The highest BCUT2D eigenvalue weighted by Gasteiger charge is 2.31. The van der Waals surface area contributed by atoms with Gasteiger partial charge >= 0.3 is 0 Å². The molecule has 3 aromatic rings. The third kappa shape index (κ3) is 5.19. The number of nitrogens with zero attached hydrogens (tertiary/aromatic N) is 3. The second kappa shape index (κ2) is 10.1. The molecular formula is C29H29N3O2S. The SMILES string of the molecule is Cc1cccc(CN2C(=O)/C(=C\c3ccccc3)Sc3ccc(C(=O)N4CCN(C)CC4)cc32)c1. The standard InChI is InChI=1S/C29H29N3O2S/c1-21-7-6-10-23(17-21)20-32-25-19-24(28(33)31-15-13-30(2)14-16-31)11-12-26(25)35-27(29(32)34)18-22-8-4-3-5-9-22/h3-12,17-19H,13-16,20H2,1-2H3/b27-18+. The van der Waals surface area contributed by atoms with Crippen molar-refractivity contribution in [1.29, 1.82) is 0 Å². The van der Waals surface area contributed by atoms with E-state index in [0.717, 1.165) is 53.5 Å². The van der Waals surface area contributed by atoms with Gasteiger partial charge in [0.2, 0.25) is 0 Å². The first kappa shape index (κ1) is 23.4. The molecule has 0 unspecified atom stereocenters. The lowest BCUT2D eigenvalue weighted by Crippen LogP contribution is -2.47. The highest BCUT2D eigenvalue weighted by atomic mass is 32.2. The average Bonchev–Trinajstić information content (AvgIpc) is 2.87. The van der Waals surface area contributed by atoms with Gasteiger partial charge in [0.05, 0.1) is 17.1 Å². The maximum atomic E-state index is 13.7. The summed E-state index contributed by atoms with van der Waals surface area (Å²) in [6, 6.07) is 23.9. The van der Waals surface area contributed by atoms with Crippen molar-refractivity contribution < 1.29 is 9.59 Å². The molecule has 5 rings (SSSR count). The van der Waals surface area contributed by atoms with Crippen LogP contribution in [0.2, 0.25) is 0 Å². The van der Waals surface area contributed by atoms with Crippen molar-refractivity contribution in [2.45, 2.75) is 18.4 Å². The van der Waals surface area contributed by atoms with Crippen LogP contribution < -0.4 is 4.90 Å². The molecule has 1 saturated heterocycles. The van der Waals surface area contributed by atoms with Crippen LogP contribution >= 0.6 is 11.8 Å². The number of anilines is 1. The Morgan fingerprint density at radius 2 is 1.71 bits per heavy atom. The summed E-state index contributed by atoms with van der Waals surface area (Å²) in [5, 5.41) is 0. The molecule has 2 aliphatic heterocycles. The number of hydrogen-bond donors (Lipinski definition) is 0. The number of amides is 2. The Balaban J connectivity index is 1.51. The van der Waals surface area contributed by atoms with E-state index in [1.54, 1.807) is 0 Å². The van der Waals surface area contributed by atoms with Crippen LogP contribution in [0.15, 0.2) is 82.6 Å². The van der Waals surface area contributed by atoms with Gasteiger partial charge in [-0.2, -0.15) is 0 Å². The predicted molar refractivity (Wildman–Crippen MR) is 142 cm³/mol. The van der Waals surface area contributed by atoms with Crippen molar-refractivity contribution >= 4 is 35.3 Å². The molecule has 0 N–H and O–H groups in total. The second-order valence-corrected chi connectivity index (χ2v) is 10.3. The molecule has 0 radical (unpaired) electrons. The summed E-state index contributed by atoms with van der Waals surface area (Å²) in [4.78, 5) is 34.6. The molecule has 0 saturated carbocycles. The van der Waals surface area contributed by atoms with Crippen molar-refractivity contribution in [2.75, 3.05) is 38.1 Å². The van der Waals surface area contributed by atoms with E-state index in [1.807, 2.05) is 76.5 Å². The highest BCUT2D eigenvalue weighted by Crippen LogP contribution is 2.43. The van der Waals surface area contributed by atoms with E-state index in [1.165, 1.54) is 11.8 Å². The predicted octanol–water partition coefficient (Wildman–Crippen LogP) is 5.06. The van der Waals surface area contributed by atoms with Crippen LogP contribution in [0.5, 0.6) is 0 Å². The third-order valence-corrected chi connectivity index (χ3v) is 7.56. The van der Waals surface area contributed by atoms with Crippen LogP contribution in [-0.4, -0.2) is 54.8 Å². The normalized spacial score (nSPS) is 17.5. The number of hydrogen-bond acceptors (Lipinski definition) is 4. The van der Waals surface area contributed by atoms with Crippen molar-refractivity contribution in [1.82, 2.24) is 9.80 Å². The summed E-state index contributed by atoms with van der Waals surface area (Å²) in [5.74, 6) is -0.0171. The molecule has 0 aliphatic carbocycles. The Labute approximate surface area is 211 Å². The smallest absolute Gasteiger partial charge is 0.265 e. The maximum Gasteiger partial charge on any atom is 0.265 e. The number of rotatable bonds is 4. The summed E-state index contributed by atoms with van der Waals surface area (Å²) < 4.78 is 0. The number of piperazine rings is 1. The van der Waals surface area contributed by atoms with Crippen LogP contribution in [0, 0.1) is 6.92 Å². The molecule has 0 atom stereocenters. The first-order chi connectivity index (χ1) is 17.0. The summed E-state index contributed by atoms with van der Waals surface area (Å²) in [7, 11) is 2.08. The summed E-state index contributed by atoms with van der Waals surface area (Å²) in [6.07, 6.45) is 1.95. The number of fused-ring (bicyclic) bond motifs is 1. The zero-order valence-electron chi connectivity index (χ0n) is 20.1. The van der Waals surface area contributed by atoms with E-state index in [2.05, 4.69) is 31.0 Å². The molecule has 2 heterocycles. The number of carbonyl (C=O) groups is 2.